The Morgan fingerprint density at radius 3 is 2.37 bits per heavy atom. The van der Waals surface area contributed by atoms with Crippen LogP contribution in [0, 0.1) is 46.8 Å². The summed E-state index contributed by atoms with van der Waals surface area (Å²) >= 11 is 0. The van der Waals surface area contributed by atoms with Crippen LogP contribution in [0.25, 0.3) is 33.7 Å². The number of amides is 1. The number of aryl methyl sites for hydroxylation is 2. The number of hydrogen-bond acceptors (Lipinski definition) is 5. The number of hydrogen-bond donors (Lipinski definition) is 1. The molecule has 1 heterocycles. The fourth-order valence-electron chi connectivity index (χ4n) is 11.0. The second-order valence-corrected chi connectivity index (χ2v) is 17.5. The molecule has 0 unspecified atom stereocenters. The van der Waals surface area contributed by atoms with Crippen molar-refractivity contribution in [2.75, 3.05) is 7.11 Å². The number of esters is 1. The van der Waals surface area contributed by atoms with Gasteiger partial charge in [-0.1, -0.05) is 75.8 Å². The summed E-state index contributed by atoms with van der Waals surface area (Å²) < 4.78 is 5.37. The van der Waals surface area contributed by atoms with Gasteiger partial charge in [0.1, 0.15) is 0 Å². The number of ether oxygens (including phenoxy) is 1. The van der Waals surface area contributed by atoms with Crippen molar-refractivity contribution in [3.63, 3.8) is 0 Å². The highest BCUT2D eigenvalue weighted by molar-refractivity contribution is 6.00. The number of rotatable bonds is 4. The summed E-state index contributed by atoms with van der Waals surface area (Å²) in [5, 5.41) is 3.06. The Bertz CT molecular complexity index is 2200. The van der Waals surface area contributed by atoms with E-state index in [-0.39, 0.29) is 33.5 Å². The first kappa shape index (κ1) is 33.8. The van der Waals surface area contributed by atoms with Gasteiger partial charge < -0.3 is 10.1 Å². The zero-order valence-corrected chi connectivity index (χ0v) is 31.5. The van der Waals surface area contributed by atoms with Gasteiger partial charge in [0.25, 0.3) is 5.91 Å². The smallest absolute Gasteiger partial charge is 0.311 e. The van der Waals surface area contributed by atoms with Gasteiger partial charge in [0.2, 0.25) is 0 Å². The molecular weight excluding hydrogens is 631 g/mol. The van der Waals surface area contributed by atoms with Crippen LogP contribution in [-0.4, -0.2) is 29.0 Å². The normalized spacial score (nSPS) is 32.3. The Hall–Kier alpha value is -4.32. The summed E-state index contributed by atoms with van der Waals surface area (Å²) in [5.41, 5.74) is 10.6. The van der Waals surface area contributed by atoms with Crippen LogP contribution in [0.3, 0.4) is 0 Å². The van der Waals surface area contributed by atoms with Crippen LogP contribution in [0.5, 0.6) is 0 Å². The molecule has 6 heteroatoms. The molecule has 0 radical (unpaired) electrons. The highest BCUT2D eigenvalue weighted by atomic mass is 16.5. The lowest BCUT2D eigenvalue weighted by Gasteiger charge is -2.70. The molecule has 1 N–H and O–H groups in total. The predicted molar refractivity (Wildman–Crippen MR) is 205 cm³/mol. The standard InChI is InChI=1S/C45H51N3O3/c1-27-9-11-29(12-10-27)26-46-39(49)30-13-14-34-35(23-30)47-36-24-32-31(28(2)38(36)48-34)15-17-43(5)33(32)16-18-44(6)37-25-42(4,40(50)51-8)20-19-41(37,3)21-22-45(43,44)7/h9-17,23-24,37H,18-22,25-26H2,1-8H3,(H,46,49)/t37-,41-,42-,43-,44+,45-/m1/s1. The van der Waals surface area contributed by atoms with Crippen LogP contribution >= 0.6 is 0 Å². The second kappa shape index (κ2) is 11.3. The summed E-state index contributed by atoms with van der Waals surface area (Å²) in [5.74, 6) is 0.222. The Morgan fingerprint density at radius 1 is 0.882 bits per heavy atom. The van der Waals surface area contributed by atoms with Crippen molar-refractivity contribution >= 4 is 45.6 Å². The van der Waals surface area contributed by atoms with E-state index in [0.29, 0.717) is 23.5 Å². The summed E-state index contributed by atoms with van der Waals surface area (Å²) in [7, 11) is 1.54. The van der Waals surface area contributed by atoms with Crippen LogP contribution in [0.1, 0.15) is 111 Å². The maximum absolute atomic E-state index is 13.2. The molecule has 1 amide bonds. The quantitative estimate of drug-likeness (QED) is 0.171. The minimum absolute atomic E-state index is 0.00806. The number of carbonyl (C=O) groups excluding carboxylic acids is 2. The average Bonchev–Trinajstić information content (AvgIpc) is 3.12. The molecule has 0 saturated heterocycles. The second-order valence-electron chi connectivity index (χ2n) is 17.5. The largest absolute Gasteiger partial charge is 0.469 e. The van der Waals surface area contributed by atoms with Gasteiger partial charge in [0.05, 0.1) is 34.6 Å². The zero-order chi connectivity index (χ0) is 36.1. The number of allylic oxidation sites excluding steroid dienone is 3. The summed E-state index contributed by atoms with van der Waals surface area (Å²) in [4.78, 5) is 36.6. The number of aromatic nitrogens is 2. The molecule has 0 spiro atoms. The van der Waals surface area contributed by atoms with E-state index in [9.17, 15) is 9.59 Å². The molecule has 0 bridgehead atoms. The van der Waals surface area contributed by atoms with Crippen LogP contribution in [0.2, 0.25) is 0 Å². The number of nitrogens with zero attached hydrogens (tertiary/aromatic N) is 2. The first-order chi connectivity index (χ1) is 24.1. The Morgan fingerprint density at radius 2 is 1.63 bits per heavy atom. The van der Waals surface area contributed by atoms with Crippen LogP contribution in [-0.2, 0) is 16.1 Å². The first-order valence-electron chi connectivity index (χ1n) is 18.7. The molecule has 51 heavy (non-hydrogen) atoms. The Labute approximate surface area is 302 Å². The van der Waals surface area contributed by atoms with E-state index in [2.05, 4.69) is 90.2 Å². The molecule has 2 fully saturated rings. The van der Waals surface area contributed by atoms with E-state index < -0.39 is 5.41 Å². The molecule has 264 valence electrons. The number of methoxy groups -OCH3 is 1. The fraction of sp³-hybridized carbons (Fsp3) is 0.467. The van der Waals surface area contributed by atoms with Crippen molar-refractivity contribution < 1.29 is 14.3 Å². The van der Waals surface area contributed by atoms with E-state index >= 15 is 0 Å². The first-order valence-corrected chi connectivity index (χ1v) is 18.7. The minimum atomic E-state index is -0.445. The molecule has 6 nitrogen and oxygen atoms in total. The van der Waals surface area contributed by atoms with Gasteiger partial charge in [0.15, 0.2) is 0 Å². The van der Waals surface area contributed by atoms with Crippen molar-refractivity contribution in [2.24, 2.45) is 33.0 Å². The van der Waals surface area contributed by atoms with Crippen LogP contribution in [0.4, 0.5) is 0 Å². The number of fused-ring (bicyclic) bond motifs is 9. The van der Waals surface area contributed by atoms with Gasteiger partial charge in [-0.3, -0.25) is 9.59 Å². The van der Waals surface area contributed by atoms with Crippen molar-refractivity contribution in [3.05, 3.63) is 94.1 Å². The molecule has 3 aromatic carbocycles. The Kier molecular flexibility index (Phi) is 7.52. The monoisotopic (exact) mass is 681 g/mol. The lowest BCUT2D eigenvalue weighted by atomic mass is 9.33. The lowest BCUT2D eigenvalue weighted by Crippen LogP contribution is -2.63. The van der Waals surface area contributed by atoms with E-state index in [1.807, 2.05) is 30.3 Å². The molecule has 2 saturated carbocycles. The van der Waals surface area contributed by atoms with Crippen molar-refractivity contribution in [2.45, 2.75) is 93.5 Å². The lowest BCUT2D eigenvalue weighted by molar-refractivity contribution is -0.190. The van der Waals surface area contributed by atoms with Gasteiger partial charge >= 0.3 is 5.97 Å². The van der Waals surface area contributed by atoms with Crippen molar-refractivity contribution in [1.82, 2.24) is 15.3 Å². The average molecular weight is 682 g/mol. The van der Waals surface area contributed by atoms with Crippen LogP contribution < -0.4 is 5.32 Å². The van der Waals surface area contributed by atoms with E-state index in [1.165, 1.54) is 35.8 Å². The maximum Gasteiger partial charge on any atom is 0.311 e. The molecule has 6 atom stereocenters. The molecular formula is C45H51N3O3. The number of benzene rings is 3. The number of nitrogens with one attached hydrogen (secondary N) is 1. The van der Waals surface area contributed by atoms with Crippen molar-refractivity contribution in [3.8, 4) is 0 Å². The van der Waals surface area contributed by atoms with Gasteiger partial charge in [-0.05, 0) is 134 Å². The summed E-state index contributed by atoms with van der Waals surface area (Å²) in [6.07, 6.45) is 13.5. The highest BCUT2D eigenvalue weighted by Crippen LogP contribution is 2.76. The molecule has 4 aromatic rings. The van der Waals surface area contributed by atoms with E-state index in [4.69, 9.17) is 14.7 Å². The van der Waals surface area contributed by atoms with Gasteiger partial charge in [-0.25, -0.2) is 9.97 Å². The fourth-order valence-corrected chi connectivity index (χ4v) is 11.0. The van der Waals surface area contributed by atoms with E-state index in [0.717, 1.165) is 59.8 Å². The van der Waals surface area contributed by atoms with Gasteiger partial charge in [-0.2, -0.15) is 0 Å². The van der Waals surface area contributed by atoms with Gasteiger partial charge in [-0.15, -0.1) is 0 Å². The summed E-state index contributed by atoms with van der Waals surface area (Å²) in [6.45, 7) is 16.8. The van der Waals surface area contributed by atoms with Gasteiger partial charge in [0, 0.05) is 17.5 Å². The summed E-state index contributed by atoms with van der Waals surface area (Å²) in [6, 6.07) is 16.1. The zero-order valence-electron chi connectivity index (χ0n) is 31.5. The van der Waals surface area contributed by atoms with Crippen molar-refractivity contribution in [1.29, 1.82) is 0 Å². The molecule has 0 aliphatic heterocycles. The minimum Gasteiger partial charge on any atom is -0.469 e. The highest BCUT2D eigenvalue weighted by Gasteiger charge is 2.68. The number of carbonyl (C=O) groups is 2. The van der Waals surface area contributed by atoms with E-state index in [1.54, 1.807) is 0 Å². The third-order valence-corrected chi connectivity index (χ3v) is 14.8. The molecule has 4 aliphatic carbocycles. The topological polar surface area (TPSA) is 81.2 Å². The third-order valence-electron chi connectivity index (χ3n) is 14.8. The molecule has 8 rings (SSSR count). The Balaban J connectivity index is 1.17. The van der Waals surface area contributed by atoms with Crippen LogP contribution in [0.15, 0.2) is 60.7 Å². The predicted octanol–water partition coefficient (Wildman–Crippen LogP) is 9.94. The molecule has 4 aliphatic rings. The molecule has 1 aromatic heterocycles. The SMILES string of the molecule is COC(=O)[C@]1(C)CC[C@]2(C)CC[C@@]3(C)[C@@](C)(CC=C4c5cc6nc7cc(C(=O)NCc8ccc(C)cc8)ccc7nc6c(C)c5C=C[C@]43C)[C@@H]2C1. The maximum atomic E-state index is 13.2. The third kappa shape index (κ3) is 4.80.